The van der Waals surface area contributed by atoms with Crippen LogP contribution in [0.5, 0.6) is 17.2 Å². The number of halogens is 4. The van der Waals surface area contributed by atoms with Gasteiger partial charge in [-0.25, -0.2) is 9.59 Å². The van der Waals surface area contributed by atoms with Crippen LogP contribution < -0.4 is 24.3 Å². The maximum Gasteiger partial charge on any atom is 0.387 e. The van der Waals surface area contributed by atoms with Gasteiger partial charge in [0.25, 0.3) is 0 Å². The number of fused-ring (bicyclic) bond motifs is 3. The maximum absolute atomic E-state index is 14.2. The summed E-state index contributed by atoms with van der Waals surface area (Å²) in [6.07, 6.45) is 6.03. The van der Waals surface area contributed by atoms with E-state index in [1.54, 1.807) is 48.5 Å². The second-order valence-electron chi connectivity index (χ2n) is 14.4. The number of carboxylic acid groups (broad SMARTS) is 1. The second-order valence-corrected chi connectivity index (χ2v) is 15.3. The summed E-state index contributed by atoms with van der Waals surface area (Å²) in [4.78, 5) is 29.4. The predicted octanol–water partition coefficient (Wildman–Crippen LogP) is 7.78. The summed E-state index contributed by atoms with van der Waals surface area (Å²) in [5, 5.41) is 24.2. The molecule has 56 heavy (non-hydrogen) atoms. The molecule has 4 aliphatic rings. The number of alkyl halides is 2. The van der Waals surface area contributed by atoms with Gasteiger partial charge in [0.1, 0.15) is 21.9 Å². The van der Waals surface area contributed by atoms with Gasteiger partial charge in [-0.2, -0.15) is 8.78 Å². The quantitative estimate of drug-likeness (QED) is 0.0586. The van der Waals surface area contributed by atoms with Gasteiger partial charge in [-0.15, -0.1) is 0 Å². The number of ether oxygens (including phenoxy) is 4. The topological polar surface area (TPSA) is 131 Å². The zero-order valence-electron chi connectivity index (χ0n) is 30.5. The van der Waals surface area contributed by atoms with E-state index in [2.05, 4.69) is 10.2 Å². The number of methoxy groups -OCH3 is 1. The van der Waals surface area contributed by atoms with E-state index in [0.717, 1.165) is 38.8 Å². The number of piperidine rings is 3. The molecule has 11 nitrogen and oxygen atoms in total. The molecule has 3 atom stereocenters. The fourth-order valence-electron chi connectivity index (χ4n) is 7.62. The first kappa shape index (κ1) is 39.4. The van der Waals surface area contributed by atoms with Gasteiger partial charge < -0.3 is 29.4 Å². The monoisotopic (exact) mass is 812 g/mol. The lowest BCUT2D eigenvalue weighted by Gasteiger charge is -2.44. The molecule has 296 valence electrons. The van der Waals surface area contributed by atoms with E-state index >= 15 is 0 Å². The van der Waals surface area contributed by atoms with Crippen molar-refractivity contribution in [2.75, 3.05) is 38.7 Å². The van der Waals surface area contributed by atoms with Crippen LogP contribution in [-0.4, -0.2) is 73.2 Å². The Morgan fingerprint density at radius 1 is 0.946 bits per heavy atom. The van der Waals surface area contributed by atoms with Crippen molar-refractivity contribution in [3.63, 3.8) is 0 Å². The van der Waals surface area contributed by atoms with E-state index in [4.69, 9.17) is 42.1 Å². The number of anilines is 1. The number of hydrogen-bond donors (Lipinski definition) is 3. The molecule has 4 aromatic rings. The molecule has 1 saturated carbocycles. The predicted molar refractivity (Wildman–Crippen MR) is 202 cm³/mol. The highest BCUT2D eigenvalue weighted by atomic mass is 35.5. The van der Waals surface area contributed by atoms with E-state index in [9.17, 15) is 28.7 Å². The summed E-state index contributed by atoms with van der Waals surface area (Å²) in [5.74, 6) is -1.68. The third-order valence-electron chi connectivity index (χ3n) is 10.8. The van der Waals surface area contributed by atoms with Crippen molar-refractivity contribution < 1.29 is 52.4 Å². The molecule has 1 aliphatic carbocycles. The summed E-state index contributed by atoms with van der Waals surface area (Å²) in [7, 11) is 1.51. The fourth-order valence-corrected chi connectivity index (χ4v) is 8.22. The molecule has 0 radical (unpaired) electrons. The number of benzene rings is 3. The lowest BCUT2D eigenvalue weighted by molar-refractivity contribution is -0.904. The van der Waals surface area contributed by atoms with Gasteiger partial charge in [-0.1, -0.05) is 47.5 Å². The average Bonchev–Trinajstić information content (AvgIpc) is 4.01. The molecule has 3 saturated heterocycles. The molecule has 4 fully saturated rings. The summed E-state index contributed by atoms with van der Waals surface area (Å²) < 4.78 is 50.3. The van der Waals surface area contributed by atoms with Gasteiger partial charge in [-0.3, -0.25) is 10.1 Å². The Morgan fingerprint density at radius 3 is 2.32 bits per heavy atom. The highest BCUT2D eigenvalue weighted by molar-refractivity contribution is 6.35. The molecule has 0 amide bonds. The van der Waals surface area contributed by atoms with Crippen LogP contribution >= 0.6 is 23.2 Å². The van der Waals surface area contributed by atoms with Crippen molar-refractivity contribution in [3.8, 4) is 17.2 Å². The van der Waals surface area contributed by atoms with E-state index in [-0.39, 0.29) is 57.0 Å². The molecule has 3 aliphatic heterocycles. The first-order valence-electron chi connectivity index (χ1n) is 18.5. The van der Waals surface area contributed by atoms with Crippen LogP contribution in [0.4, 0.5) is 14.5 Å². The first-order chi connectivity index (χ1) is 27.0. The number of aromatic carboxylic acids is 1. The fraction of sp³-hybridized carbons (Fsp3) is 0.390. The molecular weight excluding hydrogens is 771 g/mol. The van der Waals surface area contributed by atoms with Crippen LogP contribution in [0.1, 0.15) is 70.3 Å². The lowest BCUT2D eigenvalue weighted by atomic mass is 9.83. The molecule has 8 rings (SSSR count). The summed E-state index contributed by atoms with van der Waals surface area (Å²) in [6, 6.07) is 15.1. The van der Waals surface area contributed by atoms with E-state index in [1.807, 2.05) is 0 Å². The number of nitrogens with one attached hydrogen (secondary N) is 1. The SMILES string of the molecule is COc1ccccc1C(Nc1ccc(C(=O)O)c([C@@H](Cc2c(Cl)c[n+](O)cc2Cl)c2ccc(OC(F)F)c(OCC3CC3)c2)c1)C(=O)O[C@H]1CN2CCC1CC2. The van der Waals surface area contributed by atoms with Crippen LogP contribution in [0.2, 0.25) is 10.0 Å². The molecule has 1 aromatic heterocycles. The number of para-hydroxylation sites is 1. The van der Waals surface area contributed by atoms with Crippen LogP contribution in [0.3, 0.4) is 0 Å². The molecule has 2 bridgehead atoms. The van der Waals surface area contributed by atoms with Crippen molar-refractivity contribution in [3.05, 3.63) is 111 Å². The summed E-state index contributed by atoms with van der Waals surface area (Å²) in [6.45, 7) is -0.213. The number of carbonyl (C=O) groups excluding carboxylic acids is 1. The Morgan fingerprint density at radius 2 is 1.68 bits per heavy atom. The molecule has 1 unspecified atom stereocenters. The van der Waals surface area contributed by atoms with Crippen LogP contribution in [0.15, 0.2) is 73.1 Å². The Kier molecular flexibility index (Phi) is 12.0. The molecule has 3 N–H and O–H groups in total. The van der Waals surface area contributed by atoms with Gasteiger partial charge in [0.2, 0.25) is 12.4 Å². The van der Waals surface area contributed by atoms with Gasteiger partial charge in [-0.05, 0) is 105 Å². The minimum Gasteiger partial charge on any atom is -0.496 e. The Balaban J connectivity index is 1.31. The average molecular weight is 814 g/mol. The first-order valence-corrected chi connectivity index (χ1v) is 19.2. The molecule has 3 aromatic carbocycles. The molecular formula is C41H42Cl2F2N3O8+. The number of hydrogen-bond acceptors (Lipinski definition) is 9. The van der Waals surface area contributed by atoms with Crippen molar-refractivity contribution in [1.82, 2.24) is 4.90 Å². The number of nitrogens with zero attached hydrogens (tertiary/aromatic N) is 2. The third-order valence-corrected chi connectivity index (χ3v) is 11.4. The number of carboxylic acids is 1. The van der Waals surface area contributed by atoms with E-state index < -0.39 is 30.5 Å². The number of esters is 1. The molecule has 15 heteroatoms. The smallest absolute Gasteiger partial charge is 0.387 e. The zero-order valence-corrected chi connectivity index (χ0v) is 32.0. The Labute approximate surface area is 332 Å². The highest BCUT2D eigenvalue weighted by Crippen LogP contribution is 2.42. The van der Waals surface area contributed by atoms with Crippen LogP contribution in [-0.2, 0) is 16.0 Å². The maximum atomic E-state index is 14.2. The van der Waals surface area contributed by atoms with Crippen molar-refractivity contribution in [2.24, 2.45) is 11.8 Å². The Bertz CT molecular complexity index is 2060. The highest BCUT2D eigenvalue weighted by Gasteiger charge is 2.39. The van der Waals surface area contributed by atoms with Gasteiger partial charge >= 0.3 is 18.6 Å². The number of carbonyl (C=O) groups is 2. The van der Waals surface area contributed by atoms with Gasteiger partial charge in [0.05, 0.1) is 19.3 Å². The van der Waals surface area contributed by atoms with Crippen LogP contribution in [0, 0.1) is 11.8 Å². The van der Waals surface area contributed by atoms with E-state index in [0.29, 0.717) is 46.0 Å². The zero-order chi connectivity index (χ0) is 39.5. The van der Waals surface area contributed by atoms with E-state index in [1.165, 1.54) is 31.6 Å². The number of rotatable bonds is 16. The largest absolute Gasteiger partial charge is 0.496 e. The van der Waals surface area contributed by atoms with Crippen molar-refractivity contribution in [1.29, 1.82) is 0 Å². The Hall–Kier alpha value is -4.85. The van der Waals surface area contributed by atoms with Crippen molar-refractivity contribution >= 4 is 40.8 Å². The molecule has 0 spiro atoms. The number of aromatic nitrogens is 1. The van der Waals surface area contributed by atoms with Gasteiger partial charge in [0, 0.05) is 34.0 Å². The van der Waals surface area contributed by atoms with Crippen LogP contribution in [0.25, 0.3) is 0 Å². The normalized spacial score (nSPS) is 19.9. The lowest BCUT2D eigenvalue weighted by Crippen LogP contribution is -2.52. The minimum atomic E-state index is -3.11. The van der Waals surface area contributed by atoms with Crippen molar-refractivity contribution in [2.45, 2.75) is 56.8 Å². The molecule has 4 heterocycles. The summed E-state index contributed by atoms with van der Waals surface area (Å²) >= 11 is 13.2. The third kappa shape index (κ3) is 9.06. The standard InChI is InChI=1S/C41H41Cl2F2N3O8/c1-53-34-5-3-2-4-28(34)38(40(51)55-37-21-47-14-12-24(37)13-15-47)46-26-9-10-27(39(49)50)30(17-26)29(18-31-32(42)19-48(52)20-33(31)43)25-8-11-35(56-41(44)45)36(16-25)54-22-23-6-7-23/h2-5,8-11,16-17,19-20,23-24,29,37-38,41,46H,6-7,12-15,18,21-22H2,1H3,(H-,49,50,52)/p+1/t29-,37-,38?/m0/s1. The van der Waals surface area contributed by atoms with Gasteiger partial charge in [0.15, 0.2) is 17.5 Å². The second kappa shape index (κ2) is 17.1. The number of pyridine rings is 1. The minimum absolute atomic E-state index is 0.0108. The summed E-state index contributed by atoms with van der Waals surface area (Å²) in [5.41, 5.74) is 1.99.